The summed E-state index contributed by atoms with van der Waals surface area (Å²) in [7, 11) is 3.60. The predicted molar refractivity (Wildman–Crippen MR) is 126 cm³/mol. The minimum atomic E-state index is 0.388. The first-order valence-corrected chi connectivity index (χ1v) is 11.4. The van der Waals surface area contributed by atoms with Crippen LogP contribution in [0.5, 0.6) is 5.75 Å². The molecular weight excluding hydrogens is 376 g/mol. The van der Waals surface area contributed by atoms with E-state index in [4.69, 9.17) is 4.74 Å². The number of hydrogen-bond acceptors (Lipinski definition) is 5. The second-order valence-electron chi connectivity index (χ2n) is 8.54. The molecule has 0 amide bonds. The lowest BCUT2D eigenvalue weighted by Crippen LogP contribution is -2.49. The highest BCUT2D eigenvalue weighted by Crippen LogP contribution is 2.30. The number of nitrogens with zero attached hydrogens (tertiary/aromatic N) is 4. The average molecular weight is 417 g/mol. The first-order valence-electron chi connectivity index (χ1n) is 11.4. The van der Waals surface area contributed by atoms with Gasteiger partial charge in [0, 0.05) is 65.4 Å². The molecular formula is C23H40N6O. The lowest BCUT2D eigenvalue weighted by molar-refractivity contribution is 0.124. The Labute approximate surface area is 182 Å². The van der Waals surface area contributed by atoms with Crippen LogP contribution in [0, 0.1) is 5.92 Å². The Balaban J connectivity index is 1.40. The molecule has 7 heteroatoms. The Morgan fingerprint density at radius 3 is 2.60 bits per heavy atom. The van der Waals surface area contributed by atoms with Crippen LogP contribution in [0.4, 0.5) is 5.69 Å². The van der Waals surface area contributed by atoms with Gasteiger partial charge in [0.2, 0.25) is 0 Å². The van der Waals surface area contributed by atoms with Crippen LogP contribution in [-0.4, -0.2) is 94.9 Å². The van der Waals surface area contributed by atoms with Gasteiger partial charge < -0.3 is 30.1 Å². The third kappa shape index (κ3) is 6.25. The van der Waals surface area contributed by atoms with Crippen molar-refractivity contribution >= 4 is 11.6 Å². The number of methoxy groups -OCH3 is 1. The van der Waals surface area contributed by atoms with E-state index in [-0.39, 0.29) is 0 Å². The van der Waals surface area contributed by atoms with Gasteiger partial charge in [0.25, 0.3) is 0 Å². The molecule has 3 rings (SSSR count). The molecule has 0 spiro atoms. The average Bonchev–Trinajstić information content (AvgIpc) is 3.25. The van der Waals surface area contributed by atoms with Crippen molar-refractivity contribution in [3.8, 4) is 5.75 Å². The first kappa shape index (κ1) is 22.7. The fraction of sp³-hybridized carbons (Fsp3) is 0.696. The van der Waals surface area contributed by atoms with Gasteiger partial charge in [-0.1, -0.05) is 26.0 Å². The summed E-state index contributed by atoms with van der Waals surface area (Å²) in [6.45, 7) is 14.6. The molecule has 2 heterocycles. The van der Waals surface area contributed by atoms with Gasteiger partial charge in [-0.05, 0) is 31.0 Å². The number of aliphatic imine (C=N–C) groups is 1. The highest BCUT2D eigenvalue weighted by Gasteiger charge is 2.25. The van der Waals surface area contributed by atoms with Crippen molar-refractivity contribution in [1.29, 1.82) is 0 Å². The Bertz CT molecular complexity index is 673. The van der Waals surface area contributed by atoms with Gasteiger partial charge in [-0.25, -0.2) is 0 Å². The second kappa shape index (κ2) is 11.4. The van der Waals surface area contributed by atoms with E-state index in [9.17, 15) is 0 Å². The summed E-state index contributed by atoms with van der Waals surface area (Å²) in [5.41, 5.74) is 1.17. The number of guanidine groups is 1. The molecule has 0 radical (unpaired) electrons. The second-order valence-corrected chi connectivity index (χ2v) is 8.54. The Morgan fingerprint density at radius 1 is 1.17 bits per heavy atom. The third-order valence-corrected chi connectivity index (χ3v) is 6.28. The normalized spacial score (nSPS) is 22.2. The summed E-state index contributed by atoms with van der Waals surface area (Å²) >= 11 is 0. The van der Waals surface area contributed by atoms with E-state index < -0.39 is 0 Å². The van der Waals surface area contributed by atoms with E-state index >= 15 is 0 Å². The molecule has 168 valence electrons. The number of nitrogens with one attached hydrogen (secondary N) is 2. The first-order chi connectivity index (χ1) is 14.6. The van der Waals surface area contributed by atoms with Crippen LogP contribution in [-0.2, 0) is 0 Å². The number of benzene rings is 1. The van der Waals surface area contributed by atoms with Crippen molar-refractivity contribution in [2.24, 2.45) is 10.9 Å². The van der Waals surface area contributed by atoms with E-state index in [0.717, 1.165) is 44.3 Å². The molecule has 2 aliphatic heterocycles. The molecule has 2 saturated heterocycles. The molecule has 30 heavy (non-hydrogen) atoms. The maximum atomic E-state index is 5.53. The molecule has 0 aromatic heterocycles. The third-order valence-electron chi connectivity index (χ3n) is 6.28. The molecule has 1 aromatic carbocycles. The molecule has 1 aromatic rings. The van der Waals surface area contributed by atoms with Crippen molar-refractivity contribution in [2.75, 3.05) is 78.0 Å². The van der Waals surface area contributed by atoms with Gasteiger partial charge in [-0.3, -0.25) is 4.99 Å². The number of hydrogen-bond donors (Lipinski definition) is 2. The Kier molecular flexibility index (Phi) is 8.63. The number of ether oxygens (including phenoxy) is 1. The van der Waals surface area contributed by atoms with Gasteiger partial charge in [0.15, 0.2) is 5.96 Å². The monoisotopic (exact) mass is 416 g/mol. The largest absolute Gasteiger partial charge is 0.495 e. The molecule has 2 atom stereocenters. The van der Waals surface area contributed by atoms with Gasteiger partial charge in [0.05, 0.1) is 12.8 Å². The highest BCUT2D eigenvalue weighted by molar-refractivity contribution is 5.80. The minimum Gasteiger partial charge on any atom is -0.495 e. The van der Waals surface area contributed by atoms with Crippen molar-refractivity contribution in [2.45, 2.75) is 26.3 Å². The summed E-state index contributed by atoms with van der Waals surface area (Å²) in [6.07, 6.45) is 1.09. The zero-order chi connectivity index (χ0) is 21.3. The number of anilines is 1. The van der Waals surface area contributed by atoms with Gasteiger partial charge in [-0.15, -0.1) is 0 Å². The number of rotatable bonds is 8. The van der Waals surface area contributed by atoms with E-state index in [0.29, 0.717) is 12.0 Å². The van der Waals surface area contributed by atoms with Crippen LogP contribution >= 0.6 is 0 Å². The molecule has 7 nitrogen and oxygen atoms in total. The van der Waals surface area contributed by atoms with E-state index in [1.807, 2.05) is 19.2 Å². The minimum absolute atomic E-state index is 0.388. The summed E-state index contributed by atoms with van der Waals surface area (Å²) in [6, 6.07) is 8.64. The zero-order valence-electron chi connectivity index (χ0n) is 19.2. The summed E-state index contributed by atoms with van der Waals surface area (Å²) in [5.74, 6) is 2.43. The van der Waals surface area contributed by atoms with Crippen LogP contribution < -0.4 is 20.3 Å². The van der Waals surface area contributed by atoms with Crippen molar-refractivity contribution in [1.82, 2.24) is 20.4 Å². The quantitative estimate of drug-likeness (QED) is 0.497. The van der Waals surface area contributed by atoms with E-state index in [1.165, 1.54) is 38.4 Å². The molecule has 0 saturated carbocycles. The van der Waals surface area contributed by atoms with Crippen LogP contribution in [0.15, 0.2) is 29.3 Å². The zero-order valence-corrected chi connectivity index (χ0v) is 19.2. The SMILES string of the molecule is CCN1CCN(CC(C)CNC(=NC)NC2CCN(c3ccccc3OC)C2)CC1. The van der Waals surface area contributed by atoms with Gasteiger partial charge >= 0.3 is 0 Å². The summed E-state index contributed by atoms with van der Waals surface area (Å²) in [4.78, 5) is 12.0. The summed E-state index contributed by atoms with van der Waals surface area (Å²) in [5, 5.41) is 7.15. The maximum absolute atomic E-state index is 5.53. The number of likely N-dealkylation sites (N-methyl/N-ethyl adjacent to an activating group) is 1. The van der Waals surface area contributed by atoms with Crippen molar-refractivity contribution in [3.05, 3.63) is 24.3 Å². The van der Waals surface area contributed by atoms with Gasteiger partial charge in [-0.2, -0.15) is 0 Å². The molecule has 2 aliphatic rings. The summed E-state index contributed by atoms with van der Waals surface area (Å²) < 4.78 is 5.53. The Morgan fingerprint density at radius 2 is 1.90 bits per heavy atom. The van der Waals surface area contributed by atoms with E-state index in [1.54, 1.807) is 7.11 Å². The molecule has 2 N–H and O–H groups in total. The molecule has 2 fully saturated rings. The van der Waals surface area contributed by atoms with Crippen LogP contribution in [0.3, 0.4) is 0 Å². The Hall–Kier alpha value is -1.99. The number of piperazine rings is 1. The predicted octanol–water partition coefficient (Wildman–Crippen LogP) is 1.71. The fourth-order valence-corrected chi connectivity index (χ4v) is 4.44. The van der Waals surface area contributed by atoms with Crippen molar-refractivity contribution in [3.63, 3.8) is 0 Å². The maximum Gasteiger partial charge on any atom is 0.191 e. The number of para-hydroxylation sites is 2. The standard InChI is InChI=1S/C23H40N6O/c1-5-27-12-14-28(15-13-27)17-19(2)16-25-23(24-3)26-20-10-11-29(18-20)21-8-6-7-9-22(21)30-4/h6-9,19-20H,5,10-18H2,1-4H3,(H2,24,25,26). The smallest absolute Gasteiger partial charge is 0.191 e. The van der Waals surface area contributed by atoms with Crippen molar-refractivity contribution < 1.29 is 4.74 Å². The fourth-order valence-electron chi connectivity index (χ4n) is 4.44. The van der Waals surface area contributed by atoms with E-state index in [2.05, 4.69) is 56.3 Å². The molecule has 2 unspecified atom stereocenters. The lowest BCUT2D eigenvalue weighted by atomic mass is 10.1. The highest BCUT2D eigenvalue weighted by atomic mass is 16.5. The lowest BCUT2D eigenvalue weighted by Gasteiger charge is -2.35. The van der Waals surface area contributed by atoms with Crippen LogP contribution in [0.25, 0.3) is 0 Å². The molecule has 0 aliphatic carbocycles. The van der Waals surface area contributed by atoms with Crippen LogP contribution in [0.1, 0.15) is 20.3 Å². The van der Waals surface area contributed by atoms with Crippen LogP contribution in [0.2, 0.25) is 0 Å². The molecule has 0 bridgehead atoms. The topological polar surface area (TPSA) is 55.4 Å². The van der Waals surface area contributed by atoms with Gasteiger partial charge in [0.1, 0.15) is 5.75 Å².